The van der Waals surface area contributed by atoms with E-state index in [4.69, 9.17) is 33.2 Å². The number of rotatable bonds is 27. The van der Waals surface area contributed by atoms with Crippen LogP contribution in [-0.2, 0) is 42.7 Å². The zero-order valence-electron chi connectivity index (χ0n) is 28.9. The van der Waals surface area contributed by atoms with E-state index in [0.29, 0.717) is 85.6 Å². The molecular weight excluding hydrogens is 634 g/mol. The van der Waals surface area contributed by atoms with Gasteiger partial charge in [-0.3, -0.25) is 9.59 Å². The number of carbonyl (C=O) groups is 3. The van der Waals surface area contributed by atoms with E-state index in [0.717, 1.165) is 17.5 Å². The molecule has 1 aliphatic rings. The molecule has 0 fully saturated rings. The van der Waals surface area contributed by atoms with E-state index in [1.54, 1.807) is 7.11 Å². The van der Waals surface area contributed by atoms with Gasteiger partial charge in [-0.25, -0.2) is 4.79 Å². The first-order valence-electron chi connectivity index (χ1n) is 17.1. The molecule has 0 aliphatic heterocycles. The molecule has 0 heterocycles. The fourth-order valence-corrected chi connectivity index (χ4v) is 5.24. The van der Waals surface area contributed by atoms with Gasteiger partial charge in [0, 0.05) is 32.5 Å². The van der Waals surface area contributed by atoms with Crippen LogP contribution in [0, 0.1) is 0 Å². The second kappa shape index (κ2) is 24.5. The minimum Gasteiger partial charge on any atom is -0.449 e. The van der Waals surface area contributed by atoms with Crippen molar-refractivity contribution in [3.63, 3.8) is 0 Å². The minimum atomic E-state index is -0.619. The molecule has 0 bridgehead atoms. The third-order valence-electron chi connectivity index (χ3n) is 7.66. The van der Waals surface area contributed by atoms with Crippen LogP contribution < -0.4 is 16.0 Å². The molecule has 0 saturated heterocycles. The summed E-state index contributed by atoms with van der Waals surface area (Å²) in [7, 11) is 1.62. The Morgan fingerprint density at radius 2 is 1.18 bits per heavy atom. The van der Waals surface area contributed by atoms with Crippen LogP contribution in [0.5, 0.6) is 0 Å². The van der Waals surface area contributed by atoms with E-state index in [-0.39, 0.29) is 37.4 Å². The van der Waals surface area contributed by atoms with Crippen LogP contribution in [0.4, 0.5) is 4.79 Å². The van der Waals surface area contributed by atoms with E-state index in [2.05, 4.69) is 40.2 Å². The fourth-order valence-electron chi connectivity index (χ4n) is 5.24. The first-order chi connectivity index (χ1) is 24.0. The molecule has 3 amide bonds. The second-order valence-electron chi connectivity index (χ2n) is 11.3. The third kappa shape index (κ3) is 15.2. The number of nitrogens with one attached hydrogen (secondary N) is 3. The quantitative estimate of drug-likeness (QED) is 0.120. The second-order valence-corrected chi connectivity index (χ2v) is 11.3. The van der Waals surface area contributed by atoms with Crippen molar-refractivity contribution in [2.24, 2.45) is 0 Å². The van der Waals surface area contributed by atoms with E-state index < -0.39 is 12.1 Å². The molecule has 1 aliphatic carbocycles. The predicted molar refractivity (Wildman–Crippen MR) is 184 cm³/mol. The van der Waals surface area contributed by atoms with E-state index in [1.165, 1.54) is 11.1 Å². The summed E-state index contributed by atoms with van der Waals surface area (Å²) in [5, 5.41) is 8.30. The van der Waals surface area contributed by atoms with E-state index >= 15 is 0 Å². The van der Waals surface area contributed by atoms with Gasteiger partial charge in [-0.1, -0.05) is 61.9 Å². The lowest BCUT2D eigenvalue weighted by Crippen LogP contribution is -2.47. The van der Waals surface area contributed by atoms with Crippen LogP contribution in [0.1, 0.15) is 43.2 Å². The maximum absolute atomic E-state index is 12.6. The molecule has 3 rings (SSSR count). The maximum Gasteiger partial charge on any atom is 0.407 e. The van der Waals surface area contributed by atoms with Gasteiger partial charge in [-0.2, -0.15) is 0 Å². The summed E-state index contributed by atoms with van der Waals surface area (Å²) in [4.78, 5) is 37.2. The van der Waals surface area contributed by atoms with E-state index in [1.807, 2.05) is 31.2 Å². The summed E-state index contributed by atoms with van der Waals surface area (Å²) in [5.41, 5.74) is 4.69. The lowest BCUT2D eigenvalue weighted by molar-refractivity contribution is -0.129. The van der Waals surface area contributed by atoms with E-state index in [9.17, 15) is 14.4 Å². The van der Waals surface area contributed by atoms with Crippen LogP contribution in [0.25, 0.3) is 11.1 Å². The van der Waals surface area contributed by atoms with Gasteiger partial charge in [0.05, 0.1) is 72.7 Å². The Hall–Kier alpha value is -3.59. The normalized spacial score (nSPS) is 12.6. The number of hydrogen-bond donors (Lipinski definition) is 3. The molecular formula is C36H53N3O10. The first-order valence-corrected chi connectivity index (χ1v) is 17.1. The molecule has 0 spiro atoms. The smallest absolute Gasteiger partial charge is 0.407 e. The number of fused-ring (bicyclic) bond motifs is 3. The Kier molecular flexibility index (Phi) is 19.9. The zero-order chi connectivity index (χ0) is 34.9. The van der Waals surface area contributed by atoms with Crippen LogP contribution >= 0.6 is 0 Å². The number of amides is 3. The molecule has 49 heavy (non-hydrogen) atoms. The summed E-state index contributed by atoms with van der Waals surface area (Å²) in [6.45, 7) is 7.19. The highest BCUT2D eigenvalue weighted by Crippen LogP contribution is 2.44. The molecule has 13 heteroatoms. The summed E-state index contributed by atoms with van der Waals surface area (Å²) in [5.74, 6) is -0.501. The zero-order valence-corrected chi connectivity index (χ0v) is 28.9. The molecule has 0 radical (unpaired) electrons. The standard InChI is InChI=1S/C36H53N3O10/c1-3-8-33(35(41)37-14-17-45-23-24-48-26-25-47-20-19-43-2)39-34(40)13-16-44-21-22-46-18-15-38-36(42)49-27-32-30-11-6-4-9-28(30)29-10-5-7-12-31(29)32/h4-7,9-12,32-33H,3,8,13-27H2,1-2H3,(H,37,41)(H,38,42)(H,39,40)/t33-/m0/s1. The van der Waals surface area contributed by atoms with Crippen LogP contribution in [0.15, 0.2) is 48.5 Å². The summed E-state index contributed by atoms with van der Waals surface area (Å²) in [6.07, 6.45) is 0.897. The number of benzene rings is 2. The van der Waals surface area contributed by atoms with Crippen molar-refractivity contribution in [3.05, 3.63) is 59.7 Å². The van der Waals surface area contributed by atoms with Crippen molar-refractivity contribution >= 4 is 17.9 Å². The van der Waals surface area contributed by atoms with Gasteiger partial charge >= 0.3 is 6.09 Å². The van der Waals surface area contributed by atoms with Gasteiger partial charge in [0.2, 0.25) is 11.8 Å². The highest BCUT2D eigenvalue weighted by Gasteiger charge is 2.29. The Morgan fingerprint density at radius 1 is 0.673 bits per heavy atom. The lowest BCUT2D eigenvalue weighted by Gasteiger charge is -2.18. The third-order valence-corrected chi connectivity index (χ3v) is 7.66. The molecule has 0 unspecified atom stereocenters. The lowest BCUT2D eigenvalue weighted by atomic mass is 9.98. The molecule has 0 saturated carbocycles. The monoisotopic (exact) mass is 687 g/mol. The van der Waals surface area contributed by atoms with Crippen LogP contribution in [-0.4, -0.2) is 123 Å². The van der Waals surface area contributed by atoms with Gasteiger partial charge in [0.15, 0.2) is 0 Å². The van der Waals surface area contributed by atoms with Gasteiger partial charge in [0.25, 0.3) is 0 Å². The number of ether oxygens (including phenoxy) is 7. The fraction of sp³-hybridized carbons (Fsp3) is 0.583. The average molecular weight is 688 g/mol. The number of hydrogen-bond acceptors (Lipinski definition) is 10. The van der Waals surface area contributed by atoms with Crippen LogP contribution in [0.2, 0.25) is 0 Å². The van der Waals surface area contributed by atoms with Crippen molar-refractivity contribution in [2.75, 3.05) is 99.5 Å². The average Bonchev–Trinajstić information content (AvgIpc) is 3.43. The summed E-state index contributed by atoms with van der Waals surface area (Å²) < 4.78 is 37.6. The summed E-state index contributed by atoms with van der Waals surface area (Å²) in [6, 6.07) is 15.8. The van der Waals surface area contributed by atoms with Crippen molar-refractivity contribution in [3.8, 4) is 11.1 Å². The first kappa shape index (κ1) is 39.8. The molecule has 0 aromatic heterocycles. The Morgan fingerprint density at radius 3 is 1.76 bits per heavy atom. The largest absolute Gasteiger partial charge is 0.449 e. The topological polar surface area (TPSA) is 152 Å². The maximum atomic E-state index is 12.6. The van der Waals surface area contributed by atoms with Crippen LogP contribution in [0.3, 0.4) is 0 Å². The van der Waals surface area contributed by atoms with Crippen molar-refractivity contribution in [2.45, 2.75) is 38.1 Å². The van der Waals surface area contributed by atoms with Crippen molar-refractivity contribution in [1.29, 1.82) is 0 Å². The highest BCUT2D eigenvalue weighted by atomic mass is 16.6. The Bertz CT molecular complexity index is 1200. The SMILES string of the molecule is CCC[C@H](NC(=O)CCOCCOCCNC(=O)OCC1c2ccccc2-c2ccccc21)C(=O)NCCOCCOCCOCCOC. The number of methoxy groups -OCH3 is 1. The molecule has 2 aromatic carbocycles. The Balaban J connectivity index is 1.15. The Labute approximate surface area is 289 Å². The molecule has 3 N–H and O–H groups in total. The summed E-state index contributed by atoms with van der Waals surface area (Å²) >= 11 is 0. The number of alkyl carbamates (subject to hydrolysis) is 1. The van der Waals surface area contributed by atoms with Gasteiger partial charge in [-0.05, 0) is 28.7 Å². The predicted octanol–water partition coefficient (Wildman–Crippen LogP) is 3.05. The van der Waals surface area contributed by atoms with Gasteiger partial charge in [-0.15, -0.1) is 0 Å². The number of carbonyl (C=O) groups excluding carboxylic acids is 3. The molecule has 2 aromatic rings. The van der Waals surface area contributed by atoms with Gasteiger partial charge < -0.3 is 49.1 Å². The van der Waals surface area contributed by atoms with Crippen molar-refractivity contribution in [1.82, 2.24) is 16.0 Å². The molecule has 272 valence electrons. The van der Waals surface area contributed by atoms with Gasteiger partial charge in [0.1, 0.15) is 12.6 Å². The van der Waals surface area contributed by atoms with Crippen molar-refractivity contribution < 1.29 is 47.5 Å². The molecule has 1 atom stereocenters. The minimum absolute atomic E-state index is 0.00775. The highest BCUT2D eigenvalue weighted by molar-refractivity contribution is 5.87. The molecule has 13 nitrogen and oxygen atoms in total.